The van der Waals surface area contributed by atoms with E-state index in [1.54, 1.807) is 18.3 Å². The van der Waals surface area contributed by atoms with E-state index in [9.17, 15) is 22.8 Å². The first-order valence-electron chi connectivity index (χ1n) is 8.48. The summed E-state index contributed by atoms with van der Waals surface area (Å²) in [6.45, 7) is 0.453. The van der Waals surface area contributed by atoms with Gasteiger partial charge >= 0.3 is 0 Å². The molecule has 0 aliphatic carbocycles. The molecular formula is C18H14F3N5O2. The van der Waals surface area contributed by atoms with Crippen molar-refractivity contribution in [2.75, 3.05) is 18.4 Å². The molecule has 0 saturated carbocycles. The summed E-state index contributed by atoms with van der Waals surface area (Å²) in [5.41, 5.74) is 0.856. The monoisotopic (exact) mass is 389 g/mol. The number of fused-ring (bicyclic) bond motifs is 1. The van der Waals surface area contributed by atoms with E-state index >= 15 is 0 Å². The molecule has 3 aromatic rings. The zero-order valence-electron chi connectivity index (χ0n) is 14.4. The summed E-state index contributed by atoms with van der Waals surface area (Å²) in [7, 11) is 0. The van der Waals surface area contributed by atoms with E-state index in [1.165, 1.54) is 4.90 Å². The Morgan fingerprint density at radius 3 is 2.68 bits per heavy atom. The lowest BCUT2D eigenvalue weighted by Gasteiger charge is -2.15. The number of nitrogens with one attached hydrogen (secondary N) is 2. The number of aromatic nitrogens is 3. The van der Waals surface area contributed by atoms with Gasteiger partial charge in [-0.15, -0.1) is 0 Å². The zero-order valence-corrected chi connectivity index (χ0v) is 14.4. The van der Waals surface area contributed by atoms with Crippen LogP contribution in [0, 0.1) is 23.4 Å². The summed E-state index contributed by atoms with van der Waals surface area (Å²) >= 11 is 0. The van der Waals surface area contributed by atoms with Crippen molar-refractivity contribution in [3.05, 3.63) is 53.7 Å². The van der Waals surface area contributed by atoms with Crippen molar-refractivity contribution in [1.29, 1.82) is 0 Å². The van der Waals surface area contributed by atoms with Gasteiger partial charge in [-0.3, -0.25) is 9.59 Å². The van der Waals surface area contributed by atoms with E-state index in [0.29, 0.717) is 36.3 Å². The number of rotatable bonds is 3. The van der Waals surface area contributed by atoms with Crippen LogP contribution in [0.3, 0.4) is 0 Å². The number of hydrogen-bond donors (Lipinski definition) is 2. The molecule has 0 spiro atoms. The Kier molecular flexibility index (Phi) is 4.46. The van der Waals surface area contributed by atoms with E-state index < -0.39 is 29.3 Å². The number of nitrogens with zero attached hydrogens (tertiary/aromatic N) is 3. The first kappa shape index (κ1) is 18.0. The second-order valence-corrected chi connectivity index (χ2v) is 6.44. The van der Waals surface area contributed by atoms with Gasteiger partial charge in [0.25, 0.3) is 5.91 Å². The molecule has 144 valence electrons. The number of H-pyrrole nitrogens is 1. The summed E-state index contributed by atoms with van der Waals surface area (Å²) < 4.78 is 39.6. The van der Waals surface area contributed by atoms with Gasteiger partial charge in [-0.05, 0) is 18.6 Å². The van der Waals surface area contributed by atoms with Gasteiger partial charge in [0.2, 0.25) is 5.91 Å². The van der Waals surface area contributed by atoms with Crippen molar-refractivity contribution in [2.24, 2.45) is 5.92 Å². The first-order chi connectivity index (χ1) is 13.4. The number of halogens is 3. The number of amides is 2. The van der Waals surface area contributed by atoms with Gasteiger partial charge in [0.1, 0.15) is 0 Å². The number of anilines is 1. The fraction of sp³-hybridized carbons (Fsp3) is 0.222. The molecule has 0 bridgehead atoms. The normalized spacial score (nSPS) is 16.5. The standard InChI is InChI=1S/C18H14F3N5O2/c19-11-6-10(7-12(20)14(11)21)23-17(27)9-3-5-26(8-9)18(28)16-24-13-2-1-4-22-15(13)25-16/h1-2,4,6-7,9H,3,5,8H2,(H,23,27)(H,22,24,25)/t9-/m0/s1. The molecule has 1 aromatic carbocycles. The predicted molar refractivity (Wildman–Crippen MR) is 92.8 cm³/mol. The number of hydrogen-bond acceptors (Lipinski definition) is 4. The van der Waals surface area contributed by atoms with Gasteiger partial charge in [-0.25, -0.2) is 23.1 Å². The second-order valence-electron chi connectivity index (χ2n) is 6.44. The molecule has 3 heterocycles. The highest BCUT2D eigenvalue weighted by atomic mass is 19.2. The highest BCUT2D eigenvalue weighted by molar-refractivity contribution is 5.96. The molecule has 1 fully saturated rings. The lowest BCUT2D eigenvalue weighted by atomic mass is 10.1. The Morgan fingerprint density at radius 2 is 1.96 bits per heavy atom. The molecule has 1 aliphatic heterocycles. The molecule has 1 atom stereocenters. The fourth-order valence-electron chi connectivity index (χ4n) is 3.13. The fourth-order valence-corrected chi connectivity index (χ4v) is 3.13. The molecular weight excluding hydrogens is 375 g/mol. The minimum atomic E-state index is -1.60. The van der Waals surface area contributed by atoms with Crippen molar-refractivity contribution in [3.63, 3.8) is 0 Å². The summed E-state index contributed by atoms with van der Waals surface area (Å²) in [6, 6.07) is 4.87. The van der Waals surface area contributed by atoms with Crippen LogP contribution >= 0.6 is 0 Å². The molecule has 1 saturated heterocycles. The highest BCUT2D eigenvalue weighted by Crippen LogP contribution is 2.22. The van der Waals surface area contributed by atoms with Gasteiger partial charge in [-0.1, -0.05) is 0 Å². The molecule has 2 aromatic heterocycles. The number of pyridine rings is 1. The van der Waals surface area contributed by atoms with Crippen molar-refractivity contribution < 1.29 is 22.8 Å². The number of benzene rings is 1. The second kappa shape index (κ2) is 6.95. The van der Waals surface area contributed by atoms with Gasteiger partial charge < -0.3 is 15.2 Å². The third kappa shape index (κ3) is 3.28. The number of imidazole rings is 1. The van der Waals surface area contributed by atoms with Crippen LogP contribution in [-0.4, -0.2) is 44.8 Å². The number of carbonyl (C=O) groups is 2. The molecule has 7 nitrogen and oxygen atoms in total. The van der Waals surface area contributed by atoms with Crippen LogP contribution in [0.1, 0.15) is 17.0 Å². The smallest absolute Gasteiger partial charge is 0.289 e. The van der Waals surface area contributed by atoms with Crippen LogP contribution in [0.2, 0.25) is 0 Å². The maximum absolute atomic E-state index is 13.3. The predicted octanol–water partition coefficient (Wildman–Crippen LogP) is 2.48. The van der Waals surface area contributed by atoms with E-state index in [-0.39, 0.29) is 24.0 Å². The van der Waals surface area contributed by atoms with Crippen LogP contribution in [0.4, 0.5) is 18.9 Å². The minimum absolute atomic E-state index is 0.123. The van der Waals surface area contributed by atoms with E-state index in [4.69, 9.17) is 0 Å². The SMILES string of the molecule is O=C(Nc1cc(F)c(F)c(F)c1)[C@H]1CCN(C(=O)c2nc3ncccc3[nH]2)C1. The first-order valence-corrected chi connectivity index (χ1v) is 8.48. The van der Waals surface area contributed by atoms with Gasteiger partial charge in [-0.2, -0.15) is 0 Å². The Morgan fingerprint density at radius 1 is 1.21 bits per heavy atom. The molecule has 28 heavy (non-hydrogen) atoms. The third-order valence-corrected chi connectivity index (χ3v) is 4.56. The largest absolute Gasteiger partial charge is 0.335 e. The van der Waals surface area contributed by atoms with E-state index in [2.05, 4.69) is 20.3 Å². The molecule has 2 N–H and O–H groups in total. The lowest BCUT2D eigenvalue weighted by Crippen LogP contribution is -2.32. The summed E-state index contributed by atoms with van der Waals surface area (Å²) in [5.74, 6) is -5.70. The van der Waals surface area contributed by atoms with E-state index in [0.717, 1.165) is 0 Å². The molecule has 0 unspecified atom stereocenters. The van der Waals surface area contributed by atoms with Crippen LogP contribution in [0.5, 0.6) is 0 Å². The minimum Gasteiger partial charge on any atom is -0.335 e. The number of likely N-dealkylation sites (tertiary alicyclic amines) is 1. The van der Waals surface area contributed by atoms with Crippen LogP contribution in [0.15, 0.2) is 30.5 Å². The van der Waals surface area contributed by atoms with Crippen LogP contribution in [0.25, 0.3) is 11.2 Å². The maximum atomic E-state index is 13.3. The summed E-state index contributed by atoms with van der Waals surface area (Å²) in [6.07, 6.45) is 1.94. The maximum Gasteiger partial charge on any atom is 0.289 e. The lowest BCUT2D eigenvalue weighted by molar-refractivity contribution is -0.119. The van der Waals surface area contributed by atoms with Gasteiger partial charge in [0, 0.05) is 37.1 Å². The Balaban J connectivity index is 1.43. The quantitative estimate of drug-likeness (QED) is 0.674. The van der Waals surface area contributed by atoms with Crippen molar-refractivity contribution in [1.82, 2.24) is 19.9 Å². The van der Waals surface area contributed by atoms with Gasteiger partial charge in [0.15, 0.2) is 28.9 Å². The molecule has 10 heteroatoms. The molecule has 2 amide bonds. The summed E-state index contributed by atoms with van der Waals surface area (Å²) in [5, 5.41) is 2.36. The average molecular weight is 389 g/mol. The van der Waals surface area contributed by atoms with E-state index in [1.807, 2.05) is 0 Å². The third-order valence-electron chi connectivity index (χ3n) is 4.56. The van der Waals surface area contributed by atoms with Crippen molar-refractivity contribution in [2.45, 2.75) is 6.42 Å². The topological polar surface area (TPSA) is 91.0 Å². The number of aromatic amines is 1. The number of carbonyl (C=O) groups excluding carboxylic acids is 2. The molecule has 4 rings (SSSR count). The Bertz CT molecular complexity index is 1030. The average Bonchev–Trinajstić information content (AvgIpc) is 3.32. The van der Waals surface area contributed by atoms with Crippen molar-refractivity contribution >= 4 is 28.7 Å². The van der Waals surface area contributed by atoms with Crippen LogP contribution in [-0.2, 0) is 4.79 Å². The highest BCUT2D eigenvalue weighted by Gasteiger charge is 2.33. The van der Waals surface area contributed by atoms with Crippen molar-refractivity contribution in [3.8, 4) is 0 Å². The summed E-state index contributed by atoms with van der Waals surface area (Å²) in [4.78, 5) is 37.5. The van der Waals surface area contributed by atoms with Crippen LogP contribution < -0.4 is 5.32 Å². The van der Waals surface area contributed by atoms with Gasteiger partial charge in [0.05, 0.1) is 11.4 Å². The zero-order chi connectivity index (χ0) is 19.8. The Hall–Kier alpha value is -3.43. The molecule has 0 radical (unpaired) electrons. The molecule has 1 aliphatic rings. The Labute approximate surface area is 156 Å².